The van der Waals surface area contributed by atoms with Gasteiger partial charge in [-0.05, 0) is 30.7 Å². The lowest BCUT2D eigenvalue weighted by atomic mass is 10.1. The number of rotatable bonds is 6. The molecule has 0 bridgehead atoms. The minimum atomic E-state index is 0.375. The Balaban J connectivity index is 2.85. The number of hydrogen-bond donors (Lipinski definition) is 1. The molecular weight excluding hydrogens is 244 g/mol. The average molecular weight is 266 g/mol. The molecule has 1 rings (SSSR count). The molecule has 0 aromatic heterocycles. The Labute approximate surface area is 115 Å². The lowest BCUT2D eigenvalue weighted by Crippen LogP contribution is -2.23. The number of thiocarbonyl (C=S) groups is 1. The Morgan fingerprint density at radius 2 is 2.11 bits per heavy atom. The smallest absolute Gasteiger partial charge is 0.129 e. The number of nitrogens with two attached hydrogens (primary N) is 1. The van der Waals surface area contributed by atoms with Gasteiger partial charge in [-0.2, -0.15) is 0 Å². The Kier molecular flexibility index (Phi) is 5.56. The van der Waals surface area contributed by atoms with E-state index in [1.807, 2.05) is 12.1 Å². The highest BCUT2D eigenvalue weighted by Gasteiger charge is 2.09. The van der Waals surface area contributed by atoms with E-state index in [1.165, 1.54) is 5.56 Å². The van der Waals surface area contributed by atoms with Crippen molar-refractivity contribution < 1.29 is 4.74 Å². The molecule has 0 amide bonds. The third kappa shape index (κ3) is 4.27. The van der Waals surface area contributed by atoms with Crippen molar-refractivity contribution >= 4 is 17.2 Å². The lowest BCUT2D eigenvalue weighted by Gasteiger charge is -2.19. The summed E-state index contributed by atoms with van der Waals surface area (Å²) in [5.41, 5.74) is 7.71. The maximum atomic E-state index is 5.71. The van der Waals surface area contributed by atoms with Gasteiger partial charge in [-0.1, -0.05) is 32.1 Å². The lowest BCUT2D eigenvalue weighted by molar-refractivity contribution is 0.288. The number of nitrogens with zero attached hydrogens (tertiary/aromatic N) is 1. The van der Waals surface area contributed by atoms with Crippen LogP contribution in [0, 0.1) is 5.92 Å². The van der Waals surface area contributed by atoms with E-state index in [0.717, 1.165) is 24.4 Å². The van der Waals surface area contributed by atoms with Gasteiger partial charge in [-0.15, -0.1) is 0 Å². The summed E-state index contributed by atoms with van der Waals surface area (Å²) in [4.78, 5) is 2.66. The highest BCUT2D eigenvalue weighted by Crippen LogP contribution is 2.20. The van der Waals surface area contributed by atoms with E-state index in [9.17, 15) is 0 Å². The van der Waals surface area contributed by atoms with Crippen molar-refractivity contribution in [3.05, 3.63) is 29.3 Å². The molecule has 0 atom stereocenters. The molecule has 0 aliphatic carbocycles. The third-order valence-electron chi connectivity index (χ3n) is 2.66. The zero-order valence-corrected chi connectivity index (χ0v) is 12.4. The van der Waals surface area contributed by atoms with Gasteiger partial charge in [0.2, 0.25) is 0 Å². The molecule has 0 fully saturated rings. The highest BCUT2D eigenvalue weighted by atomic mass is 32.1. The van der Waals surface area contributed by atoms with E-state index in [1.54, 1.807) is 7.11 Å². The van der Waals surface area contributed by atoms with Crippen LogP contribution in [0.4, 0.5) is 0 Å². The molecule has 0 aliphatic heterocycles. The van der Waals surface area contributed by atoms with Crippen LogP contribution in [0.15, 0.2) is 18.2 Å². The summed E-state index contributed by atoms with van der Waals surface area (Å²) in [7, 11) is 3.74. The van der Waals surface area contributed by atoms with Crippen molar-refractivity contribution in [2.45, 2.75) is 20.4 Å². The Bertz CT molecular complexity index is 418. The van der Waals surface area contributed by atoms with Crippen LogP contribution < -0.4 is 10.5 Å². The molecule has 100 valence electrons. The van der Waals surface area contributed by atoms with Crippen molar-refractivity contribution in [3.63, 3.8) is 0 Å². The molecule has 18 heavy (non-hydrogen) atoms. The first-order valence-electron chi connectivity index (χ1n) is 6.09. The zero-order chi connectivity index (χ0) is 13.7. The molecule has 0 saturated carbocycles. The van der Waals surface area contributed by atoms with Gasteiger partial charge in [0.25, 0.3) is 0 Å². The van der Waals surface area contributed by atoms with Crippen molar-refractivity contribution in [2.75, 3.05) is 20.7 Å². The summed E-state index contributed by atoms with van der Waals surface area (Å²) in [5, 5.41) is 0. The number of methoxy groups -OCH3 is 1. The quantitative estimate of drug-likeness (QED) is 0.803. The second-order valence-corrected chi connectivity index (χ2v) is 5.43. The molecule has 0 radical (unpaired) electrons. The zero-order valence-electron chi connectivity index (χ0n) is 11.6. The van der Waals surface area contributed by atoms with E-state index >= 15 is 0 Å². The van der Waals surface area contributed by atoms with Crippen LogP contribution in [0.3, 0.4) is 0 Å². The van der Waals surface area contributed by atoms with Crippen LogP contribution in [0.2, 0.25) is 0 Å². The molecule has 3 nitrogen and oxygen atoms in total. The molecule has 0 heterocycles. The molecule has 1 aromatic rings. The molecule has 2 N–H and O–H groups in total. The molecule has 0 unspecified atom stereocenters. The second kappa shape index (κ2) is 6.71. The van der Waals surface area contributed by atoms with Crippen LogP contribution >= 0.6 is 12.2 Å². The van der Waals surface area contributed by atoms with Gasteiger partial charge in [-0.25, -0.2) is 0 Å². The summed E-state index contributed by atoms with van der Waals surface area (Å²) in [5.74, 6) is 1.39. The normalized spacial score (nSPS) is 11.0. The summed E-state index contributed by atoms with van der Waals surface area (Å²) >= 11 is 5.04. The van der Waals surface area contributed by atoms with Crippen molar-refractivity contribution in [2.24, 2.45) is 11.7 Å². The monoisotopic (exact) mass is 266 g/mol. The fraction of sp³-hybridized carbons (Fsp3) is 0.500. The van der Waals surface area contributed by atoms with E-state index in [2.05, 4.69) is 31.9 Å². The Hall–Kier alpha value is -1.13. The van der Waals surface area contributed by atoms with Gasteiger partial charge >= 0.3 is 0 Å². The van der Waals surface area contributed by atoms with Gasteiger partial charge in [0.15, 0.2) is 0 Å². The van der Waals surface area contributed by atoms with Gasteiger partial charge in [0.05, 0.1) is 12.7 Å². The predicted octanol–water partition coefficient (Wildman–Crippen LogP) is 2.42. The molecule has 4 heteroatoms. The first-order valence-corrected chi connectivity index (χ1v) is 6.50. The van der Waals surface area contributed by atoms with Crippen LogP contribution in [-0.2, 0) is 6.54 Å². The van der Waals surface area contributed by atoms with E-state index in [-0.39, 0.29) is 0 Å². The maximum Gasteiger partial charge on any atom is 0.129 e. The molecule has 0 spiro atoms. The fourth-order valence-corrected chi connectivity index (χ4v) is 2.21. The summed E-state index contributed by atoms with van der Waals surface area (Å²) in [6.07, 6.45) is 0. The van der Waals surface area contributed by atoms with Gasteiger partial charge in [-0.3, -0.25) is 0 Å². The molecule has 1 aromatic carbocycles. The predicted molar refractivity (Wildman–Crippen MR) is 80.1 cm³/mol. The van der Waals surface area contributed by atoms with Gasteiger partial charge in [0.1, 0.15) is 10.7 Å². The van der Waals surface area contributed by atoms with E-state index in [0.29, 0.717) is 10.9 Å². The van der Waals surface area contributed by atoms with Crippen molar-refractivity contribution in [3.8, 4) is 5.75 Å². The van der Waals surface area contributed by atoms with Crippen LogP contribution in [0.25, 0.3) is 0 Å². The summed E-state index contributed by atoms with van der Waals surface area (Å²) in [6, 6.07) is 5.99. The van der Waals surface area contributed by atoms with Crippen LogP contribution in [-0.4, -0.2) is 30.6 Å². The van der Waals surface area contributed by atoms with Crippen LogP contribution in [0.1, 0.15) is 25.0 Å². The molecule has 0 saturated heterocycles. The first-order chi connectivity index (χ1) is 8.43. The third-order valence-corrected chi connectivity index (χ3v) is 2.88. The average Bonchev–Trinajstić information content (AvgIpc) is 2.27. The van der Waals surface area contributed by atoms with Crippen molar-refractivity contribution in [1.29, 1.82) is 0 Å². The molecular formula is C14H22N2OS. The van der Waals surface area contributed by atoms with Gasteiger partial charge < -0.3 is 15.4 Å². The number of ether oxygens (including phenoxy) is 1. The van der Waals surface area contributed by atoms with E-state index < -0.39 is 0 Å². The minimum Gasteiger partial charge on any atom is -0.496 e. The van der Waals surface area contributed by atoms with Crippen molar-refractivity contribution in [1.82, 2.24) is 4.90 Å². The SMILES string of the molecule is COc1ccc(CN(C)CC(C)C)cc1C(N)=S. The largest absolute Gasteiger partial charge is 0.496 e. The molecule has 0 aliphatic rings. The Morgan fingerprint density at radius 1 is 1.44 bits per heavy atom. The minimum absolute atomic E-state index is 0.375. The second-order valence-electron chi connectivity index (χ2n) is 4.99. The van der Waals surface area contributed by atoms with Gasteiger partial charge in [0, 0.05) is 13.1 Å². The fourth-order valence-electron chi connectivity index (χ4n) is 2.05. The topological polar surface area (TPSA) is 38.5 Å². The first kappa shape index (κ1) is 14.9. The van der Waals surface area contributed by atoms with Crippen LogP contribution in [0.5, 0.6) is 5.75 Å². The standard InChI is InChI=1S/C14H22N2OS/c1-10(2)8-16(3)9-11-5-6-13(17-4)12(7-11)14(15)18/h5-7,10H,8-9H2,1-4H3,(H2,15,18). The van der Waals surface area contributed by atoms with E-state index in [4.69, 9.17) is 22.7 Å². The number of hydrogen-bond acceptors (Lipinski definition) is 3. The summed E-state index contributed by atoms with van der Waals surface area (Å²) in [6.45, 7) is 6.38. The Morgan fingerprint density at radius 3 is 2.61 bits per heavy atom. The highest BCUT2D eigenvalue weighted by molar-refractivity contribution is 7.80. The maximum absolute atomic E-state index is 5.71. The number of benzene rings is 1. The summed E-state index contributed by atoms with van der Waals surface area (Å²) < 4.78 is 5.25.